The molecule has 2 aromatic rings. The van der Waals surface area contributed by atoms with Gasteiger partial charge in [0.25, 0.3) is 0 Å². The van der Waals surface area contributed by atoms with Crippen LogP contribution in [0.15, 0.2) is 18.2 Å². The fourth-order valence-electron chi connectivity index (χ4n) is 3.89. The number of nitrogens with one attached hydrogen (secondary N) is 1. The van der Waals surface area contributed by atoms with Crippen LogP contribution in [0.2, 0.25) is 5.02 Å². The molecule has 4 rings (SSSR count). The molecule has 2 heterocycles. The maximum Gasteiger partial charge on any atom is 0.142 e. The van der Waals surface area contributed by atoms with Crippen LogP contribution < -0.4 is 5.32 Å². The van der Waals surface area contributed by atoms with Gasteiger partial charge in [-0.15, -0.1) is 0 Å². The average molecular weight is 334 g/mol. The van der Waals surface area contributed by atoms with Gasteiger partial charge in [-0.25, -0.2) is 4.39 Å². The first-order valence-electron chi connectivity index (χ1n) is 8.50. The number of benzene rings is 1. The lowest BCUT2D eigenvalue weighted by Crippen LogP contribution is -2.18. The van der Waals surface area contributed by atoms with Crippen LogP contribution in [-0.2, 0) is 12.8 Å². The normalized spacial score (nSPS) is 18.9. The Bertz CT molecular complexity index is 719. The summed E-state index contributed by atoms with van der Waals surface area (Å²) in [5.41, 5.74) is 4.46. The molecule has 2 aliphatic rings. The van der Waals surface area contributed by atoms with E-state index < -0.39 is 0 Å². The van der Waals surface area contributed by atoms with Crippen molar-refractivity contribution < 1.29 is 4.39 Å². The largest absolute Gasteiger partial charge is 0.316 e. The molecule has 1 aliphatic carbocycles. The zero-order valence-corrected chi connectivity index (χ0v) is 13.9. The maximum atomic E-state index is 14.0. The highest BCUT2D eigenvalue weighted by atomic mass is 35.5. The first-order chi connectivity index (χ1) is 11.2. The molecule has 1 saturated carbocycles. The zero-order valence-electron chi connectivity index (χ0n) is 13.1. The van der Waals surface area contributed by atoms with Crippen molar-refractivity contribution in [2.45, 2.75) is 44.6 Å². The number of hydrogen-bond donors (Lipinski definition) is 1. The van der Waals surface area contributed by atoms with E-state index in [4.69, 9.17) is 16.7 Å². The van der Waals surface area contributed by atoms with Gasteiger partial charge in [0.15, 0.2) is 0 Å². The summed E-state index contributed by atoms with van der Waals surface area (Å²) in [6.45, 7) is 1.91. The highest BCUT2D eigenvalue weighted by molar-refractivity contribution is 6.30. The number of aromatic nitrogens is 2. The van der Waals surface area contributed by atoms with E-state index >= 15 is 0 Å². The van der Waals surface area contributed by atoms with Gasteiger partial charge in [-0.1, -0.05) is 30.5 Å². The third-order valence-electron chi connectivity index (χ3n) is 5.05. The number of halogens is 2. The molecule has 1 N–H and O–H groups in total. The fourth-order valence-corrected chi connectivity index (χ4v) is 4.00. The van der Waals surface area contributed by atoms with Gasteiger partial charge in [-0.2, -0.15) is 5.10 Å². The van der Waals surface area contributed by atoms with E-state index in [1.807, 2.05) is 6.07 Å². The van der Waals surface area contributed by atoms with Crippen molar-refractivity contribution in [3.63, 3.8) is 0 Å². The molecule has 0 amide bonds. The number of rotatable bonds is 2. The summed E-state index contributed by atoms with van der Waals surface area (Å²) in [6.07, 6.45) is 6.74. The van der Waals surface area contributed by atoms with Crippen molar-refractivity contribution in [2.75, 3.05) is 13.1 Å². The molecule has 3 nitrogen and oxygen atoms in total. The van der Waals surface area contributed by atoms with Crippen molar-refractivity contribution in [3.8, 4) is 11.3 Å². The molecular weight excluding hydrogens is 313 g/mol. The molecule has 1 aromatic carbocycles. The van der Waals surface area contributed by atoms with Crippen LogP contribution in [0.1, 0.15) is 43.0 Å². The maximum absolute atomic E-state index is 14.0. The molecule has 0 radical (unpaired) electrons. The highest BCUT2D eigenvalue weighted by Gasteiger charge is 2.27. The molecule has 1 fully saturated rings. The van der Waals surface area contributed by atoms with E-state index in [2.05, 4.69) is 10.00 Å². The Hall–Kier alpha value is -1.39. The first-order valence-corrected chi connectivity index (χ1v) is 8.88. The van der Waals surface area contributed by atoms with Gasteiger partial charge >= 0.3 is 0 Å². The van der Waals surface area contributed by atoms with Gasteiger partial charge in [0, 0.05) is 24.1 Å². The molecule has 1 aromatic heterocycles. The van der Waals surface area contributed by atoms with E-state index in [-0.39, 0.29) is 10.8 Å². The number of nitrogens with zero attached hydrogens (tertiary/aromatic N) is 2. The SMILES string of the molecule is Fc1cc(-c2c3c(nn2C2CCCC2)CCNCC3)ccc1Cl. The highest BCUT2D eigenvalue weighted by Crippen LogP contribution is 2.37. The minimum Gasteiger partial charge on any atom is -0.316 e. The van der Waals surface area contributed by atoms with Gasteiger partial charge in [-0.3, -0.25) is 4.68 Å². The lowest BCUT2D eigenvalue weighted by atomic mass is 10.0. The van der Waals surface area contributed by atoms with Crippen LogP contribution in [0.4, 0.5) is 4.39 Å². The predicted molar refractivity (Wildman–Crippen MR) is 90.4 cm³/mol. The van der Waals surface area contributed by atoms with Crippen LogP contribution in [-0.4, -0.2) is 22.9 Å². The Balaban J connectivity index is 1.87. The molecule has 5 heteroatoms. The van der Waals surface area contributed by atoms with E-state index in [1.165, 1.54) is 36.9 Å². The van der Waals surface area contributed by atoms with E-state index in [9.17, 15) is 4.39 Å². The monoisotopic (exact) mass is 333 g/mol. The molecule has 0 unspecified atom stereocenters. The molecule has 0 spiro atoms. The van der Waals surface area contributed by atoms with E-state index in [0.717, 1.165) is 37.2 Å². The minimum absolute atomic E-state index is 0.174. The summed E-state index contributed by atoms with van der Waals surface area (Å²) in [5.74, 6) is -0.358. The third-order valence-corrected chi connectivity index (χ3v) is 5.35. The van der Waals surface area contributed by atoms with Crippen LogP contribution in [0.25, 0.3) is 11.3 Å². The summed E-state index contributed by atoms with van der Waals surface area (Å²) < 4.78 is 16.2. The van der Waals surface area contributed by atoms with Gasteiger partial charge in [0.2, 0.25) is 0 Å². The van der Waals surface area contributed by atoms with Gasteiger partial charge < -0.3 is 5.32 Å². The second-order valence-corrected chi connectivity index (χ2v) is 6.94. The van der Waals surface area contributed by atoms with Crippen molar-refractivity contribution in [3.05, 3.63) is 40.3 Å². The van der Waals surface area contributed by atoms with Crippen molar-refractivity contribution >= 4 is 11.6 Å². The van der Waals surface area contributed by atoms with E-state index in [1.54, 1.807) is 12.1 Å². The van der Waals surface area contributed by atoms with Crippen LogP contribution in [0, 0.1) is 5.82 Å². The molecule has 0 bridgehead atoms. The van der Waals surface area contributed by atoms with Crippen molar-refractivity contribution in [1.82, 2.24) is 15.1 Å². The Morgan fingerprint density at radius 1 is 1.17 bits per heavy atom. The van der Waals surface area contributed by atoms with Crippen molar-refractivity contribution in [1.29, 1.82) is 0 Å². The van der Waals surface area contributed by atoms with Gasteiger partial charge in [0.05, 0.1) is 22.5 Å². The van der Waals surface area contributed by atoms with Gasteiger partial charge in [0.1, 0.15) is 5.82 Å². The molecule has 23 heavy (non-hydrogen) atoms. The number of fused-ring (bicyclic) bond motifs is 1. The van der Waals surface area contributed by atoms with Crippen LogP contribution in [0.5, 0.6) is 0 Å². The van der Waals surface area contributed by atoms with Crippen LogP contribution in [0.3, 0.4) is 0 Å². The fraction of sp³-hybridized carbons (Fsp3) is 0.500. The second kappa shape index (κ2) is 6.25. The Kier molecular flexibility index (Phi) is 4.12. The van der Waals surface area contributed by atoms with Gasteiger partial charge in [-0.05, 0) is 37.9 Å². The average Bonchev–Trinajstić information content (AvgIpc) is 3.13. The zero-order chi connectivity index (χ0) is 15.8. The summed E-state index contributed by atoms with van der Waals surface area (Å²) in [4.78, 5) is 0. The minimum atomic E-state index is -0.358. The van der Waals surface area contributed by atoms with Crippen LogP contribution >= 0.6 is 11.6 Å². The molecular formula is C18H21ClFN3. The molecule has 1 aliphatic heterocycles. The lowest BCUT2D eigenvalue weighted by Gasteiger charge is -2.16. The number of hydrogen-bond acceptors (Lipinski definition) is 2. The summed E-state index contributed by atoms with van der Waals surface area (Å²) in [7, 11) is 0. The van der Waals surface area contributed by atoms with E-state index in [0.29, 0.717) is 6.04 Å². The smallest absolute Gasteiger partial charge is 0.142 e. The third kappa shape index (κ3) is 2.79. The first kappa shape index (κ1) is 15.2. The topological polar surface area (TPSA) is 29.9 Å². The summed E-state index contributed by atoms with van der Waals surface area (Å²) in [6, 6.07) is 5.58. The Labute approximate surface area is 140 Å². The lowest BCUT2D eigenvalue weighted by molar-refractivity contribution is 0.466. The molecule has 0 saturated heterocycles. The Morgan fingerprint density at radius 2 is 1.96 bits per heavy atom. The van der Waals surface area contributed by atoms with Crippen molar-refractivity contribution in [2.24, 2.45) is 0 Å². The molecule has 0 atom stereocenters. The summed E-state index contributed by atoms with van der Waals surface area (Å²) in [5, 5.41) is 8.54. The standard InChI is InChI=1S/C18H21ClFN3/c19-15-6-5-12(11-16(15)20)18-14-7-9-21-10-8-17(14)22-23(18)13-3-1-2-4-13/h5-6,11,13,21H,1-4,7-10H2. The summed E-state index contributed by atoms with van der Waals surface area (Å²) >= 11 is 5.87. The quantitative estimate of drug-likeness (QED) is 0.895. The second-order valence-electron chi connectivity index (χ2n) is 6.54. The molecule has 122 valence electrons. The predicted octanol–water partition coefficient (Wildman–Crippen LogP) is 4.15. The Morgan fingerprint density at radius 3 is 2.74 bits per heavy atom.